The third kappa shape index (κ3) is 4.14. The molecule has 0 aliphatic carbocycles. The lowest BCUT2D eigenvalue weighted by molar-refractivity contribution is 0.0697. The van der Waals surface area contributed by atoms with Crippen LogP contribution in [0.1, 0.15) is 39.4 Å². The number of nitrogens with zero attached hydrogens (tertiary/aromatic N) is 2. The Kier molecular flexibility index (Phi) is 5.30. The van der Waals surface area contributed by atoms with Crippen molar-refractivity contribution in [1.82, 2.24) is 15.4 Å². The number of hydrogen-bond donors (Lipinski definition) is 1. The van der Waals surface area contributed by atoms with Crippen LogP contribution in [0.2, 0.25) is 10.0 Å². The maximum atomic E-state index is 12.6. The van der Waals surface area contributed by atoms with Crippen molar-refractivity contribution in [2.45, 2.75) is 25.8 Å². The minimum Gasteiger partial charge on any atom is -0.361 e. The Morgan fingerprint density at radius 1 is 1.24 bits per heavy atom. The number of halogens is 2. The fraction of sp³-hybridized carbons (Fsp3) is 0.353. The Bertz CT molecular complexity index is 798. The van der Waals surface area contributed by atoms with Gasteiger partial charge in [0.05, 0.1) is 10.6 Å². The molecule has 2 heterocycles. The van der Waals surface area contributed by atoms with Crippen LogP contribution in [0.4, 0.5) is 0 Å². The van der Waals surface area contributed by atoms with Gasteiger partial charge in [0, 0.05) is 30.2 Å². The Hall–Kier alpha value is -2.05. The molecular weight excluding hydrogens is 365 g/mol. The summed E-state index contributed by atoms with van der Waals surface area (Å²) < 4.78 is 4.91. The predicted octanol–water partition coefficient (Wildman–Crippen LogP) is 3.32. The molecule has 1 N–H and O–H groups in total. The fourth-order valence-corrected chi connectivity index (χ4v) is 3.16. The molecule has 0 unspecified atom stereocenters. The molecule has 1 aliphatic rings. The number of nitrogens with one attached hydrogen (secondary N) is 1. The molecule has 0 saturated carbocycles. The van der Waals surface area contributed by atoms with Crippen LogP contribution in [0.5, 0.6) is 0 Å². The normalized spacial score (nSPS) is 15.2. The van der Waals surface area contributed by atoms with Crippen molar-refractivity contribution in [3.8, 4) is 0 Å². The second-order valence-corrected chi connectivity index (χ2v) is 6.83. The van der Waals surface area contributed by atoms with Crippen LogP contribution < -0.4 is 5.32 Å². The molecule has 25 heavy (non-hydrogen) atoms. The van der Waals surface area contributed by atoms with Gasteiger partial charge in [0.15, 0.2) is 5.69 Å². The quantitative estimate of drug-likeness (QED) is 0.884. The molecule has 0 radical (unpaired) electrons. The Balaban J connectivity index is 1.57. The van der Waals surface area contributed by atoms with E-state index in [4.69, 9.17) is 27.7 Å². The molecule has 0 spiro atoms. The van der Waals surface area contributed by atoms with Crippen molar-refractivity contribution >= 4 is 35.0 Å². The minimum absolute atomic E-state index is 0.0108. The zero-order chi connectivity index (χ0) is 18.0. The Morgan fingerprint density at radius 2 is 1.96 bits per heavy atom. The van der Waals surface area contributed by atoms with Crippen LogP contribution in [0.25, 0.3) is 0 Å². The number of likely N-dealkylation sites (tertiary alicyclic amines) is 1. The maximum absolute atomic E-state index is 12.6. The van der Waals surface area contributed by atoms with Gasteiger partial charge in [0.2, 0.25) is 0 Å². The van der Waals surface area contributed by atoms with Gasteiger partial charge in [-0.2, -0.15) is 0 Å². The topological polar surface area (TPSA) is 75.4 Å². The third-order valence-corrected chi connectivity index (χ3v) is 4.70. The largest absolute Gasteiger partial charge is 0.361 e. The zero-order valence-electron chi connectivity index (χ0n) is 13.6. The zero-order valence-corrected chi connectivity index (χ0v) is 15.1. The van der Waals surface area contributed by atoms with Gasteiger partial charge >= 0.3 is 0 Å². The van der Waals surface area contributed by atoms with Crippen molar-refractivity contribution in [3.63, 3.8) is 0 Å². The average Bonchev–Trinajstić information content (AvgIpc) is 3.04. The first-order valence-corrected chi connectivity index (χ1v) is 8.68. The van der Waals surface area contributed by atoms with Crippen LogP contribution in [0, 0.1) is 6.92 Å². The predicted molar refractivity (Wildman–Crippen MR) is 94.1 cm³/mol. The molecule has 0 bridgehead atoms. The van der Waals surface area contributed by atoms with E-state index in [2.05, 4.69) is 10.5 Å². The van der Waals surface area contributed by atoms with Crippen LogP contribution in [0.3, 0.4) is 0 Å². The molecule has 6 nitrogen and oxygen atoms in total. The molecule has 1 fully saturated rings. The summed E-state index contributed by atoms with van der Waals surface area (Å²) in [6.07, 6.45) is 1.32. The monoisotopic (exact) mass is 381 g/mol. The van der Waals surface area contributed by atoms with E-state index in [-0.39, 0.29) is 23.6 Å². The highest BCUT2D eigenvalue weighted by molar-refractivity contribution is 6.35. The van der Waals surface area contributed by atoms with Crippen LogP contribution in [0.15, 0.2) is 28.8 Å². The Morgan fingerprint density at radius 3 is 2.60 bits per heavy atom. The second kappa shape index (κ2) is 7.45. The molecule has 8 heteroatoms. The smallest absolute Gasteiger partial charge is 0.273 e. The average molecular weight is 382 g/mol. The van der Waals surface area contributed by atoms with Gasteiger partial charge < -0.3 is 14.7 Å². The summed E-state index contributed by atoms with van der Waals surface area (Å²) in [4.78, 5) is 26.4. The molecule has 1 aromatic heterocycles. The molecule has 3 rings (SSSR count). The van der Waals surface area contributed by atoms with Gasteiger partial charge in [-0.25, -0.2) is 0 Å². The number of carbonyl (C=O) groups is 2. The van der Waals surface area contributed by atoms with E-state index in [1.165, 1.54) is 0 Å². The number of piperidine rings is 1. The summed E-state index contributed by atoms with van der Waals surface area (Å²) in [5, 5.41) is 7.48. The lowest BCUT2D eigenvalue weighted by Gasteiger charge is -2.32. The van der Waals surface area contributed by atoms with Gasteiger partial charge in [0.25, 0.3) is 11.8 Å². The molecule has 1 aromatic carbocycles. The molecule has 1 aliphatic heterocycles. The van der Waals surface area contributed by atoms with Gasteiger partial charge in [-0.1, -0.05) is 28.4 Å². The lowest BCUT2D eigenvalue weighted by atomic mass is 10.0. The SMILES string of the molecule is Cc1cc(C(=O)NC2CCN(C(=O)c3cc(Cl)ccc3Cl)CC2)no1. The lowest BCUT2D eigenvalue weighted by Crippen LogP contribution is -2.46. The van der Waals surface area contributed by atoms with Crippen molar-refractivity contribution in [2.75, 3.05) is 13.1 Å². The standard InChI is InChI=1S/C17H17Cl2N3O3/c1-10-8-15(21-25-10)16(23)20-12-4-6-22(7-5-12)17(24)13-9-11(18)2-3-14(13)19/h2-3,8-9,12H,4-7H2,1H3,(H,20,23). The third-order valence-electron chi connectivity index (χ3n) is 4.14. The van der Waals surface area contributed by atoms with Crippen LogP contribution in [-0.2, 0) is 0 Å². The van der Waals surface area contributed by atoms with E-state index in [9.17, 15) is 9.59 Å². The highest BCUT2D eigenvalue weighted by atomic mass is 35.5. The van der Waals surface area contributed by atoms with E-state index in [0.717, 1.165) is 0 Å². The van der Waals surface area contributed by atoms with E-state index >= 15 is 0 Å². The van der Waals surface area contributed by atoms with E-state index in [0.29, 0.717) is 47.3 Å². The molecule has 2 amide bonds. The summed E-state index contributed by atoms with van der Waals surface area (Å²) in [5.41, 5.74) is 0.663. The number of aryl methyl sites for hydroxylation is 1. The first-order valence-electron chi connectivity index (χ1n) is 7.92. The van der Waals surface area contributed by atoms with E-state index in [1.807, 2.05) is 0 Å². The number of benzene rings is 1. The summed E-state index contributed by atoms with van der Waals surface area (Å²) in [7, 11) is 0. The maximum Gasteiger partial charge on any atom is 0.273 e. The van der Waals surface area contributed by atoms with E-state index < -0.39 is 0 Å². The fourth-order valence-electron chi connectivity index (χ4n) is 2.79. The number of hydrogen-bond acceptors (Lipinski definition) is 4. The highest BCUT2D eigenvalue weighted by Crippen LogP contribution is 2.23. The minimum atomic E-state index is -0.264. The van der Waals surface area contributed by atoms with E-state index in [1.54, 1.807) is 36.1 Å². The van der Waals surface area contributed by atoms with Gasteiger partial charge in [0.1, 0.15) is 5.76 Å². The summed E-state index contributed by atoms with van der Waals surface area (Å²) in [6.45, 7) is 2.80. The summed E-state index contributed by atoms with van der Waals surface area (Å²) in [5.74, 6) is 0.174. The van der Waals surface area contributed by atoms with Crippen molar-refractivity contribution in [3.05, 3.63) is 51.3 Å². The second-order valence-electron chi connectivity index (χ2n) is 5.99. The number of amides is 2. The first kappa shape index (κ1) is 17.8. The molecule has 2 aromatic rings. The molecule has 1 saturated heterocycles. The van der Waals surface area contributed by atoms with Gasteiger partial charge in [-0.15, -0.1) is 0 Å². The van der Waals surface area contributed by atoms with Crippen LogP contribution >= 0.6 is 23.2 Å². The van der Waals surface area contributed by atoms with Gasteiger partial charge in [-0.3, -0.25) is 9.59 Å². The molecular formula is C17H17Cl2N3O3. The number of rotatable bonds is 3. The van der Waals surface area contributed by atoms with Crippen molar-refractivity contribution in [2.24, 2.45) is 0 Å². The molecule has 132 valence electrons. The number of carbonyl (C=O) groups excluding carboxylic acids is 2. The highest BCUT2D eigenvalue weighted by Gasteiger charge is 2.26. The van der Waals surface area contributed by atoms with Crippen molar-refractivity contribution in [1.29, 1.82) is 0 Å². The van der Waals surface area contributed by atoms with Crippen LogP contribution in [-0.4, -0.2) is 41.0 Å². The summed E-state index contributed by atoms with van der Waals surface area (Å²) in [6, 6.07) is 6.42. The molecule has 0 atom stereocenters. The number of aromatic nitrogens is 1. The first-order chi connectivity index (χ1) is 11.9. The van der Waals surface area contributed by atoms with Crippen molar-refractivity contribution < 1.29 is 14.1 Å². The Labute approximate surface area is 155 Å². The summed E-state index contributed by atoms with van der Waals surface area (Å²) >= 11 is 12.0. The van der Waals surface area contributed by atoms with Gasteiger partial charge in [-0.05, 0) is 38.0 Å².